The molecule has 1 fully saturated rings. The van der Waals surface area contributed by atoms with Crippen molar-refractivity contribution in [3.05, 3.63) is 35.7 Å². The molecule has 0 aromatic carbocycles. The second-order valence-corrected chi connectivity index (χ2v) is 5.31. The average molecular weight is 298 g/mol. The molecular weight excluding hydrogens is 281 g/mol. The van der Waals surface area contributed by atoms with E-state index in [4.69, 9.17) is 5.73 Å². The number of pyridine rings is 1. The Morgan fingerprint density at radius 2 is 1.95 bits per heavy atom. The number of carbonyl (C=O) groups is 1. The summed E-state index contributed by atoms with van der Waals surface area (Å²) in [6.45, 7) is 0. The zero-order valence-electron chi connectivity index (χ0n) is 11.4. The lowest BCUT2D eigenvalue weighted by atomic mass is 9.81. The van der Waals surface area contributed by atoms with Crippen molar-refractivity contribution >= 4 is 12.0 Å². The Labute approximate surface area is 121 Å². The Kier molecular flexibility index (Phi) is 4.65. The first kappa shape index (κ1) is 15.5. The van der Waals surface area contributed by atoms with Crippen LogP contribution >= 0.6 is 0 Å². The lowest BCUT2D eigenvalue weighted by Gasteiger charge is -2.28. The predicted octanol–water partition coefficient (Wildman–Crippen LogP) is 3.56. The third-order valence-electron chi connectivity index (χ3n) is 3.86. The van der Waals surface area contributed by atoms with Crippen molar-refractivity contribution in [2.24, 2.45) is 17.6 Å². The van der Waals surface area contributed by atoms with Gasteiger partial charge < -0.3 is 5.73 Å². The lowest BCUT2D eigenvalue weighted by molar-refractivity contribution is -0.183. The highest BCUT2D eigenvalue weighted by atomic mass is 19.4. The minimum atomic E-state index is -4.09. The third-order valence-corrected chi connectivity index (χ3v) is 3.86. The van der Waals surface area contributed by atoms with E-state index in [0.29, 0.717) is 24.1 Å². The molecule has 3 nitrogen and oxygen atoms in total. The number of allylic oxidation sites excluding steroid dienone is 1. The molecule has 0 atom stereocenters. The highest BCUT2D eigenvalue weighted by Crippen LogP contribution is 2.39. The molecule has 0 spiro atoms. The van der Waals surface area contributed by atoms with Crippen LogP contribution in [0.2, 0.25) is 0 Å². The van der Waals surface area contributed by atoms with Crippen molar-refractivity contribution < 1.29 is 18.0 Å². The van der Waals surface area contributed by atoms with Gasteiger partial charge in [-0.1, -0.05) is 6.08 Å². The van der Waals surface area contributed by atoms with Gasteiger partial charge in [0.15, 0.2) is 0 Å². The monoisotopic (exact) mass is 298 g/mol. The van der Waals surface area contributed by atoms with Gasteiger partial charge in [0.2, 0.25) is 0 Å². The molecule has 1 aromatic rings. The number of alkyl halides is 3. The number of amides is 1. The summed E-state index contributed by atoms with van der Waals surface area (Å²) in [6.07, 6.45) is 2.28. The van der Waals surface area contributed by atoms with Crippen LogP contribution < -0.4 is 5.73 Å². The molecule has 2 rings (SSSR count). The number of primary amides is 1. The van der Waals surface area contributed by atoms with E-state index in [0.717, 1.165) is 0 Å². The average Bonchev–Trinajstić information content (AvgIpc) is 2.45. The molecule has 114 valence electrons. The molecule has 1 aliphatic rings. The molecular formula is C15H17F3N2O. The van der Waals surface area contributed by atoms with Gasteiger partial charge in [0.1, 0.15) is 0 Å². The van der Waals surface area contributed by atoms with Gasteiger partial charge in [-0.3, -0.25) is 9.78 Å². The maximum Gasteiger partial charge on any atom is 0.391 e. The van der Waals surface area contributed by atoms with Gasteiger partial charge in [0.05, 0.1) is 17.2 Å². The first-order valence-electron chi connectivity index (χ1n) is 6.87. The van der Waals surface area contributed by atoms with Crippen LogP contribution in [-0.2, 0) is 0 Å². The first-order chi connectivity index (χ1) is 9.88. The molecule has 2 N–H and O–H groups in total. The van der Waals surface area contributed by atoms with E-state index in [1.165, 1.54) is 0 Å². The third kappa shape index (κ3) is 4.06. The Hall–Kier alpha value is -1.85. The molecule has 1 aromatic heterocycles. The molecule has 1 saturated carbocycles. The van der Waals surface area contributed by atoms with Crippen LogP contribution in [-0.4, -0.2) is 17.1 Å². The van der Waals surface area contributed by atoms with Crippen molar-refractivity contribution in [1.82, 2.24) is 4.98 Å². The number of hydrogen-bond acceptors (Lipinski definition) is 2. The van der Waals surface area contributed by atoms with E-state index >= 15 is 0 Å². The van der Waals surface area contributed by atoms with Gasteiger partial charge >= 0.3 is 6.18 Å². The number of halogens is 3. The number of carbonyl (C=O) groups excluding carboxylic acids is 1. The number of nitrogens with zero attached hydrogens (tertiary/aromatic N) is 1. The van der Waals surface area contributed by atoms with Gasteiger partial charge in [0, 0.05) is 6.20 Å². The molecule has 1 amide bonds. The highest BCUT2D eigenvalue weighted by molar-refractivity contribution is 5.95. The fourth-order valence-electron chi connectivity index (χ4n) is 2.62. The van der Waals surface area contributed by atoms with E-state index in [-0.39, 0.29) is 18.8 Å². The maximum atomic E-state index is 12.6. The Morgan fingerprint density at radius 3 is 2.52 bits per heavy atom. The van der Waals surface area contributed by atoms with E-state index in [1.54, 1.807) is 24.4 Å². The Balaban J connectivity index is 1.99. The largest absolute Gasteiger partial charge is 0.391 e. The normalized spacial score (nSPS) is 23.4. The molecule has 1 aliphatic carbocycles. The fourth-order valence-corrected chi connectivity index (χ4v) is 2.62. The van der Waals surface area contributed by atoms with Crippen LogP contribution in [0.3, 0.4) is 0 Å². The predicted molar refractivity (Wildman–Crippen MR) is 73.3 cm³/mol. The van der Waals surface area contributed by atoms with Gasteiger partial charge in [0.25, 0.3) is 5.91 Å². The number of nitrogens with two attached hydrogens (primary N) is 1. The minimum absolute atomic E-state index is 0.0892. The summed E-state index contributed by atoms with van der Waals surface area (Å²) < 4.78 is 37.7. The lowest BCUT2D eigenvalue weighted by Crippen LogP contribution is -2.27. The van der Waals surface area contributed by atoms with Gasteiger partial charge in [-0.05, 0) is 49.8 Å². The zero-order valence-corrected chi connectivity index (χ0v) is 11.4. The van der Waals surface area contributed by atoms with Crippen molar-refractivity contribution in [1.29, 1.82) is 0 Å². The van der Waals surface area contributed by atoms with Gasteiger partial charge in [-0.2, -0.15) is 13.2 Å². The maximum absolute atomic E-state index is 12.6. The summed E-state index contributed by atoms with van der Waals surface area (Å²) in [6, 6.07) is 3.20. The van der Waals surface area contributed by atoms with E-state index in [2.05, 4.69) is 4.98 Å². The summed E-state index contributed by atoms with van der Waals surface area (Å²) >= 11 is 0. The van der Waals surface area contributed by atoms with Gasteiger partial charge in [-0.15, -0.1) is 0 Å². The van der Waals surface area contributed by atoms with E-state index < -0.39 is 18.0 Å². The van der Waals surface area contributed by atoms with Crippen LogP contribution in [0.25, 0.3) is 6.08 Å². The van der Waals surface area contributed by atoms with Gasteiger partial charge in [-0.25, -0.2) is 0 Å². The number of rotatable bonds is 3. The molecule has 21 heavy (non-hydrogen) atoms. The Bertz CT molecular complexity index is 532. The van der Waals surface area contributed by atoms with Crippen molar-refractivity contribution in [3.8, 4) is 0 Å². The smallest absolute Gasteiger partial charge is 0.366 e. The summed E-state index contributed by atoms with van der Waals surface area (Å²) in [7, 11) is 0. The molecule has 0 aliphatic heterocycles. The minimum Gasteiger partial charge on any atom is -0.366 e. The van der Waals surface area contributed by atoms with Crippen LogP contribution in [0.4, 0.5) is 13.2 Å². The van der Waals surface area contributed by atoms with Crippen molar-refractivity contribution in [2.75, 3.05) is 0 Å². The van der Waals surface area contributed by atoms with Crippen LogP contribution in [0.1, 0.15) is 41.7 Å². The summed E-state index contributed by atoms with van der Waals surface area (Å²) in [5.41, 5.74) is 6.03. The topological polar surface area (TPSA) is 56.0 Å². The van der Waals surface area contributed by atoms with Crippen molar-refractivity contribution in [2.45, 2.75) is 31.9 Å². The molecule has 0 bridgehead atoms. The van der Waals surface area contributed by atoms with Crippen LogP contribution in [0.15, 0.2) is 24.4 Å². The molecule has 1 heterocycles. The number of hydrogen-bond donors (Lipinski definition) is 1. The summed E-state index contributed by atoms with van der Waals surface area (Å²) in [5.74, 6) is -1.66. The van der Waals surface area contributed by atoms with Crippen LogP contribution in [0.5, 0.6) is 0 Å². The van der Waals surface area contributed by atoms with E-state index in [9.17, 15) is 18.0 Å². The Morgan fingerprint density at radius 1 is 1.29 bits per heavy atom. The molecule has 6 heteroatoms. The van der Waals surface area contributed by atoms with Crippen LogP contribution in [0, 0.1) is 11.8 Å². The standard InChI is InChI=1S/C15H17F3N2O/c16-15(17,18)11-6-3-10(4-7-11)5-8-13-12(14(19)21)2-1-9-20-13/h1-2,5,8-11H,3-4,6-7H2,(H2,19,21)/b8-5+. The second kappa shape index (κ2) is 6.28. The SMILES string of the molecule is NC(=O)c1cccnc1/C=C/C1CCC(C(F)(F)F)CC1. The first-order valence-corrected chi connectivity index (χ1v) is 6.87. The number of aromatic nitrogens is 1. The molecule has 0 radical (unpaired) electrons. The highest BCUT2D eigenvalue weighted by Gasteiger charge is 2.40. The van der Waals surface area contributed by atoms with E-state index in [1.807, 2.05) is 6.08 Å². The second-order valence-electron chi connectivity index (χ2n) is 5.31. The van der Waals surface area contributed by atoms with Crippen molar-refractivity contribution in [3.63, 3.8) is 0 Å². The molecule has 0 unspecified atom stereocenters. The zero-order chi connectivity index (χ0) is 15.5. The summed E-state index contributed by atoms with van der Waals surface area (Å²) in [4.78, 5) is 15.3. The quantitative estimate of drug-likeness (QED) is 0.927. The fraction of sp³-hybridized carbons (Fsp3) is 0.467. The molecule has 0 saturated heterocycles. The summed E-state index contributed by atoms with van der Waals surface area (Å²) in [5, 5.41) is 0.